The Hall–Kier alpha value is -3.07. The molecule has 4 aromatic rings. The number of sulfone groups is 1. The van der Waals surface area contributed by atoms with Gasteiger partial charge in [0.25, 0.3) is 0 Å². The van der Waals surface area contributed by atoms with Crippen molar-refractivity contribution < 1.29 is 12.8 Å². The monoisotopic (exact) mass is 411 g/mol. The number of hydrogen-bond acceptors (Lipinski definition) is 5. The lowest BCUT2D eigenvalue weighted by molar-refractivity contribution is 0.579. The van der Waals surface area contributed by atoms with Crippen LogP contribution in [0.2, 0.25) is 0 Å². The topological polar surface area (TPSA) is 93.5 Å². The molecule has 0 atom stereocenters. The summed E-state index contributed by atoms with van der Waals surface area (Å²) in [5.41, 5.74) is 1.68. The maximum Gasteiger partial charge on any atom is 0.182 e. The lowest BCUT2D eigenvalue weighted by Gasteiger charge is -2.11. The molecule has 29 heavy (non-hydrogen) atoms. The number of nitrogens with zero attached hydrogens (tertiary/aromatic N) is 4. The first-order valence-corrected chi connectivity index (χ1v) is 10.9. The number of hydrogen-bond donors (Lipinski definition) is 1. The van der Waals surface area contributed by atoms with Gasteiger partial charge in [0.1, 0.15) is 17.8 Å². The number of nitrogens with one attached hydrogen (secondary N) is 1. The molecular weight excluding hydrogens is 393 g/mol. The van der Waals surface area contributed by atoms with Crippen molar-refractivity contribution in [2.24, 2.45) is 0 Å². The zero-order chi connectivity index (χ0) is 20.0. The number of aromatic nitrogens is 5. The Kier molecular flexibility index (Phi) is 4.20. The molecule has 1 N–H and O–H groups in total. The van der Waals surface area contributed by atoms with Crippen LogP contribution in [0, 0.1) is 5.82 Å². The Labute approximate surface area is 166 Å². The third-order valence-electron chi connectivity index (χ3n) is 5.42. The summed E-state index contributed by atoms with van der Waals surface area (Å²) in [5, 5.41) is 6.89. The van der Waals surface area contributed by atoms with Crippen LogP contribution in [0.15, 0.2) is 53.9 Å². The molecule has 0 bridgehead atoms. The zero-order valence-electron chi connectivity index (χ0n) is 15.4. The second-order valence-corrected chi connectivity index (χ2v) is 9.48. The van der Waals surface area contributed by atoms with E-state index in [0.717, 1.165) is 12.8 Å². The number of rotatable bonds is 4. The van der Waals surface area contributed by atoms with Crippen molar-refractivity contribution >= 4 is 20.9 Å². The lowest BCUT2D eigenvalue weighted by Crippen LogP contribution is -2.18. The summed E-state index contributed by atoms with van der Waals surface area (Å²) in [4.78, 5) is 8.71. The van der Waals surface area contributed by atoms with Gasteiger partial charge in [0.05, 0.1) is 15.8 Å². The Morgan fingerprint density at radius 2 is 1.93 bits per heavy atom. The number of pyridine rings is 1. The molecule has 7 nitrogen and oxygen atoms in total. The maximum absolute atomic E-state index is 14.2. The first-order chi connectivity index (χ1) is 14.0. The van der Waals surface area contributed by atoms with Crippen molar-refractivity contribution in [3.8, 4) is 17.1 Å². The third-order valence-corrected chi connectivity index (χ3v) is 7.65. The number of fused-ring (bicyclic) bond motifs is 1. The molecule has 0 spiro atoms. The number of benzene rings is 1. The van der Waals surface area contributed by atoms with Gasteiger partial charge >= 0.3 is 0 Å². The summed E-state index contributed by atoms with van der Waals surface area (Å²) in [6, 6.07) is 7.98. The van der Waals surface area contributed by atoms with Crippen LogP contribution in [0.3, 0.4) is 0 Å². The highest BCUT2D eigenvalue weighted by atomic mass is 32.2. The van der Waals surface area contributed by atoms with Crippen LogP contribution < -0.4 is 0 Å². The number of H-pyrrole nitrogens is 1. The second kappa shape index (κ2) is 6.77. The van der Waals surface area contributed by atoms with Crippen molar-refractivity contribution in [3.63, 3.8) is 0 Å². The van der Waals surface area contributed by atoms with Gasteiger partial charge in [0.2, 0.25) is 0 Å². The van der Waals surface area contributed by atoms with Gasteiger partial charge in [0, 0.05) is 23.3 Å². The highest BCUT2D eigenvalue weighted by Gasteiger charge is 2.30. The van der Waals surface area contributed by atoms with E-state index < -0.39 is 15.7 Å². The van der Waals surface area contributed by atoms with Crippen LogP contribution in [0.4, 0.5) is 4.39 Å². The minimum absolute atomic E-state index is 0.247. The van der Waals surface area contributed by atoms with Gasteiger partial charge in [-0.05, 0) is 43.2 Å². The number of aromatic amines is 1. The van der Waals surface area contributed by atoms with Crippen molar-refractivity contribution in [1.82, 2.24) is 24.7 Å². The Morgan fingerprint density at radius 3 is 2.69 bits per heavy atom. The summed E-state index contributed by atoms with van der Waals surface area (Å²) < 4.78 is 41.7. The highest BCUT2D eigenvalue weighted by molar-refractivity contribution is 7.92. The largest absolute Gasteiger partial charge is 0.301 e. The molecule has 0 aliphatic heterocycles. The third kappa shape index (κ3) is 3.11. The van der Waals surface area contributed by atoms with E-state index in [9.17, 15) is 12.8 Å². The Morgan fingerprint density at radius 1 is 1.10 bits per heavy atom. The lowest BCUT2D eigenvalue weighted by atomic mass is 10.2. The van der Waals surface area contributed by atoms with Crippen molar-refractivity contribution in [1.29, 1.82) is 0 Å². The summed E-state index contributed by atoms with van der Waals surface area (Å²) >= 11 is 0. The van der Waals surface area contributed by atoms with E-state index in [1.807, 2.05) is 0 Å². The summed E-state index contributed by atoms with van der Waals surface area (Å²) in [6.07, 6.45) is 7.82. The predicted molar refractivity (Wildman–Crippen MR) is 106 cm³/mol. The van der Waals surface area contributed by atoms with Crippen LogP contribution in [0.5, 0.6) is 0 Å². The number of halogens is 1. The van der Waals surface area contributed by atoms with E-state index in [1.54, 1.807) is 29.0 Å². The average Bonchev–Trinajstić information content (AvgIpc) is 3.48. The fourth-order valence-electron chi connectivity index (χ4n) is 3.95. The second-order valence-electron chi connectivity index (χ2n) is 7.25. The maximum atomic E-state index is 14.2. The highest BCUT2D eigenvalue weighted by Crippen LogP contribution is 2.31. The van der Waals surface area contributed by atoms with Crippen LogP contribution in [-0.2, 0) is 9.84 Å². The first kappa shape index (κ1) is 18.0. The van der Waals surface area contributed by atoms with Crippen LogP contribution >= 0.6 is 0 Å². The van der Waals surface area contributed by atoms with Gasteiger partial charge in [-0.2, -0.15) is 5.10 Å². The van der Waals surface area contributed by atoms with Gasteiger partial charge < -0.3 is 4.57 Å². The normalized spacial score (nSPS) is 15.3. The van der Waals surface area contributed by atoms with Crippen LogP contribution in [0.1, 0.15) is 25.7 Å². The molecule has 0 amide bonds. The molecule has 1 fully saturated rings. The van der Waals surface area contributed by atoms with Crippen LogP contribution in [0.25, 0.3) is 28.1 Å². The molecular formula is C20H18FN5O2S. The smallest absolute Gasteiger partial charge is 0.182 e. The molecule has 5 rings (SSSR count). The summed E-state index contributed by atoms with van der Waals surface area (Å²) in [7, 11) is -3.38. The minimum atomic E-state index is -3.38. The van der Waals surface area contributed by atoms with Crippen molar-refractivity contribution in [3.05, 3.63) is 54.9 Å². The van der Waals surface area contributed by atoms with E-state index in [2.05, 4.69) is 20.2 Å². The zero-order valence-corrected chi connectivity index (χ0v) is 16.2. The molecule has 3 aromatic heterocycles. The van der Waals surface area contributed by atoms with Gasteiger partial charge in [-0.1, -0.05) is 12.8 Å². The van der Waals surface area contributed by atoms with Gasteiger partial charge in [-0.3, -0.25) is 5.10 Å². The quantitative estimate of drug-likeness (QED) is 0.553. The summed E-state index contributed by atoms with van der Waals surface area (Å²) in [5.74, 6) is 0.0382. The fourth-order valence-corrected chi connectivity index (χ4v) is 5.78. The van der Waals surface area contributed by atoms with Gasteiger partial charge in [-0.15, -0.1) is 0 Å². The van der Waals surface area contributed by atoms with E-state index >= 15 is 0 Å². The average molecular weight is 411 g/mol. The Balaban J connectivity index is 1.58. The molecule has 1 aromatic carbocycles. The Bertz CT molecular complexity index is 1290. The van der Waals surface area contributed by atoms with Crippen molar-refractivity contribution in [2.45, 2.75) is 35.8 Å². The molecule has 1 aliphatic rings. The fraction of sp³-hybridized carbons (Fsp3) is 0.250. The molecule has 148 valence electrons. The van der Waals surface area contributed by atoms with E-state index in [0.29, 0.717) is 41.0 Å². The predicted octanol–water partition coefficient (Wildman–Crippen LogP) is 3.67. The molecule has 0 radical (unpaired) electrons. The summed E-state index contributed by atoms with van der Waals surface area (Å²) in [6.45, 7) is 0. The SMILES string of the molecule is O=S(=O)(c1cnc2c(ccn2-c2cc(F)cc(-c3ncn[nH]3)c2)c1)C1CCCC1. The molecule has 0 saturated heterocycles. The first-order valence-electron chi connectivity index (χ1n) is 9.40. The standard InChI is InChI=1S/C20H18FN5O2S/c21-15-7-14(19-23-12-24-25-19)8-16(10-15)26-6-5-13-9-18(11-22-20(13)26)29(27,28)17-3-1-2-4-17/h5-12,17H,1-4H2,(H,23,24,25). The van der Waals surface area contributed by atoms with Crippen LogP contribution in [-0.4, -0.2) is 38.4 Å². The minimum Gasteiger partial charge on any atom is -0.301 e. The van der Waals surface area contributed by atoms with Crippen molar-refractivity contribution in [2.75, 3.05) is 0 Å². The molecule has 1 saturated carbocycles. The molecule has 3 heterocycles. The van der Waals surface area contributed by atoms with Gasteiger partial charge in [-0.25, -0.2) is 22.8 Å². The van der Waals surface area contributed by atoms with Gasteiger partial charge in [0.15, 0.2) is 15.7 Å². The molecule has 0 unspecified atom stereocenters. The molecule has 9 heteroatoms. The molecule has 1 aliphatic carbocycles. The van der Waals surface area contributed by atoms with E-state index in [4.69, 9.17) is 0 Å². The van der Waals surface area contributed by atoms with E-state index in [-0.39, 0.29) is 10.1 Å². The van der Waals surface area contributed by atoms with E-state index in [1.165, 1.54) is 24.7 Å².